The van der Waals surface area contributed by atoms with Gasteiger partial charge >= 0.3 is 0 Å². The van der Waals surface area contributed by atoms with Crippen LogP contribution in [0.1, 0.15) is 11.5 Å². The fourth-order valence-corrected chi connectivity index (χ4v) is 5.22. The molecule has 2 unspecified atom stereocenters. The zero-order valence-corrected chi connectivity index (χ0v) is 22.1. The molecule has 1 aliphatic carbocycles. The van der Waals surface area contributed by atoms with Gasteiger partial charge in [-0.2, -0.15) is 0 Å². The van der Waals surface area contributed by atoms with Crippen molar-refractivity contribution in [2.24, 2.45) is 5.73 Å². The summed E-state index contributed by atoms with van der Waals surface area (Å²) in [5, 5.41) is 13.2. The topological polar surface area (TPSA) is 125 Å². The van der Waals surface area contributed by atoms with Gasteiger partial charge in [0.1, 0.15) is 17.3 Å². The molecule has 2 aromatic heterocycles. The van der Waals surface area contributed by atoms with Crippen molar-refractivity contribution < 1.29 is 14.4 Å². The monoisotopic (exact) mass is 519 g/mol. The molecule has 38 heavy (non-hydrogen) atoms. The van der Waals surface area contributed by atoms with Crippen LogP contribution in [-0.4, -0.2) is 83.3 Å². The standard InChI is InChI=1S/C27H33N7O4/c1-31(2)11-12-32(3)21-15-24(37-4)27(28,16-22(21)34(35)36)26-29-10-9-19(30-26)25-18-7-5-6-8-20(18)33-13-14-38-17-23(25)33/h5-10,15-16,24H,11-14,17,28H2,1-4H3. The predicted molar refractivity (Wildman–Crippen MR) is 144 cm³/mol. The fraction of sp³-hybridized carbons (Fsp3) is 0.407. The maximum Gasteiger partial charge on any atom is 0.290 e. The number of nitrogens with zero attached hydrogens (tertiary/aromatic N) is 6. The van der Waals surface area contributed by atoms with E-state index in [2.05, 4.69) is 21.7 Å². The summed E-state index contributed by atoms with van der Waals surface area (Å²) in [5.74, 6) is 0.244. The second-order valence-corrected chi connectivity index (χ2v) is 9.96. The average Bonchev–Trinajstić information content (AvgIpc) is 3.26. The van der Waals surface area contributed by atoms with Gasteiger partial charge in [0.2, 0.25) is 0 Å². The van der Waals surface area contributed by atoms with Gasteiger partial charge in [-0.1, -0.05) is 18.2 Å². The average molecular weight is 520 g/mol. The van der Waals surface area contributed by atoms with E-state index in [-0.39, 0.29) is 11.5 Å². The van der Waals surface area contributed by atoms with E-state index in [1.54, 1.807) is 12.3 Å². The number of ether oxygens (including phenoxy) is 2. The molecule has 2 N–H and O–H groups in total. The summed E-state index contributed by atoms with van der Waals surface area (Å²) in [6.07, 6.45) is 4.05. The lowest BCUT2D eigenvalue weighted by molar-refractivity contribution is -0.423. The lowest BCUT2D eigenvalue weighted by Crippen LogP contribution is -2.51. The lowest BCUT2D eigenvalue weighted by atomic mass is 9.85. The van der Waals surface area contributed by atoms with Crippen LogP contribution < -0.4 is 5.73 Å². The summed E-state index contributed by atoms with van der Waals surface area (Å²) in [6, 6.07) is 10.0. The van der Waals surface area contributed by atoms with Crippen LogP contribution in [0.15, 0.2) is 60.1 Å². The number of nitro groups is 1. The van der Waals surface area contributed by atoms with Crippen LogP contribution in [0.5, 0.6) is 0 Å². The van der Waals surface area contributed by atoms with Gasteiger partial charge in [-0.25, -0.2) is 9.97 Å². The normalized spacial score (nSPS) is 21.3. The van der Waals surface area contributed by atoms with Crippen LogP contribution in [0.25, 0.3) is 22.2 Å². The van der Waals surface area contributed by atoms with Crippen molar-refractivity contribution in [3.63, 3.8) is 0 Å². The summed E-state index contributed by atoms with van der Waals surface area (Å²) in [5.41, 5.74) is 9.56. The number of methoxy groups -OCH3 is 1. The minimum Gasteiger partial charge on any atom is -0.375 e. The third-order valence-electron chi connectivity index (χ3n) is 7.24. The molecule has 0 bridgehead atoms. The number of hydrogen-bond donors (Lipinski definition) is 1. The molecule has 0 spiro atoms. The highest BCUT2D eigenvalue weighted by atomic mass is 16.6. The number of benzene rings is 1. The van der Waals surface area contributed by atoms with E-state index in [0.717, 1.165) is 35.2 Å². The third-order valence-corrected chi connectivity index (χ3v) is 7.24. The van der Waals surface area contributed by atoms with Gasteiger partial charge in [0, 0.05) is 62.5 Å². The van der Waals surface area contributed by atoms with Gasteiger partial charge in [0.25, 0.3) is 5.70 Å². The molecule has 5 rings (SSSR count). The second kappa shape index (κ2) is 10.3. The maximum absolute atomic E-state index is 12.2. The number of nitrogens with two attached hydrogens (primary N) is 1. The molecule has 3 aromatic rings. The number of rotatable bonds is 8. The van der Waals surface area contributed by atoms with Crippen molar-refractivity contribution in [1.29, 1.82) is 0 Å². The molecule has 200 valence electrons. The van der Waals surface area contributed by atoms with Gasteiger partial charge in [-0.3, -0.25) is 10.1 Å². The largest absolute Gasteiger partial charge is 0.375 e. The zero-order valence-electron chi connectivity index (χ0n) is 22.1. The molecule has 0 fully saturated rings. The molecule has 11 heteroatoms. The highest BCUT2D eigenvalue weighted by Crippen LogP contribution is 2.38. The van der Waals surface area contributed by atoms with E-state index in [1.165, 1.54) is 13.2 Å². The molecule has 3 heterocycles. The highest BCUT2D eigenvalue weighted by molar-refractivity contribution is 5.97. The van der Waals surface area contributed by atoms with Gasteiger partial charge < -0.3 is 29.6 Å². The van der Waals surface area contributed by atoms with Gasteiger partial charge in [-0.05, 0) is 32.3 Å². The fourth-order valence-electron chi connectivity index (χ4n) is 5.22. The zero-order chi connectivity index (χ0) is 27.0. The Morgan fingerprint density at radius 3 is 2.79 bits per heavy atom. The molecule has 0 radical (unpaired) electrons. The quantitative estimate of drug-likeness (QED) is 0.353. The Kier molecular flexibility index (Phi) is 7.01. The summed E-state index contributed by atoms with van der Waals surface area (Å²) in [7, 11) is 7.27. The molecule has 2 aliphatic rings. The van der Waals surface area contributed by atoms with Crippen LogP contribution in [0.4, 0.5) is 0 Å². The summed E-state index contributed by atoms with van der Waals surface area (Å²) < 4.78 is 13.8. The third kappa shape index (κ3) is 4.47. The van der Waals surface area contributed by atoms with Crippen molar-refractivity contribution in [3.8, 4) is 11.3 Å². The van der Waals surface area contributed by atoms with Crippen molar-refractivity contribution in [3.05, 3.63) is 81.7 Å². The minimum atomic E-state index is -1.45. The van der Waals surface area contributed by atoms with Gasteiger partial charge in [-0.15, -0.1) is 0 Å². The first-order chi connectivity index (χ1) is 18.2. The Morgan fingerprint density at radius 2 is 2.05 bits per heavy atom. The molecular weight excluding hydrogens is 486 g/mol. The van der Waals surface area contributed by atoms with Gasteiger partial charge in [0.15, 0.2) is 5.82 Å². The maximum atomic E-state index is 12.2. The van der Waals surface area contributed by atoms with E-state index in [9.17, 15) is 10.1 Å². The van der Waals surface area contributed by atoms with Crippen molar-refractivity contribution in [2.75, 3.05) is 47.9 Å². The van der Waals surface area contributed by atoms with E-state index >= 15 is 0 Å². The van der Waals surface area contributed by atoms with E-state index in [0.29, 0.717) is 31.1 Å². The smallest absolute Gasteiger partial charge is 0.290 e. The SMILES string of the molecule is COC1C=C(N(C)CCN(C)C)C([N+](=O)[O-])=CC1(N)c1nccc(-c2c3n(c4ccccc24)CCOC3)n1. The van der Waals surface area contributed by atoms with E-state index < -0.39 is 16.6 Å². The Bertz CT molecular complexity index is 1430. The molecule has 2 atom stereocenters. The Hall–Kier alpha value is -3.64. The predicted octanol–water partition coefficient (Wildman–Crippen LogP) is 2.35. The number of aromatic nitrogens is 3. The molecule has 0 saturated heterocycles. The number of fused-ring (bicyclic) bond motifs is 3. The number of para-hydroxylation sites is 1. The number of likely N-dealkylation sites (N-methyl/N-ethyl adjacent to an activating group) is 2. The first-order valence-electron chi connectivity index (χ1n) is 12.5. The molecule has 0 amide bonds. The molecular formula is C27H33N7O4. The van der Waals surface area contributed by atoms with Crippen LogP contribution in [-0.2, 0) is 28.2 Å². The Labute approximate surface area is 221 Å². The first-order valence-corrected chi connectivity index (χ1v) is 12.5. The molecule has 0 saturated carbocycles. The first kappa shape index (κ1) is 26.0. The number of hydrogen-bond acceptors (Lipinski definition) is 9. The second-order valence-electron chi connectivity index (χ2n) is 9.96. The van der Waals surface area contributed by atoms with Crippen molar-refractivity contribution in [1.82, 2.24) is 24.3 Å². The molecule has 1 aliphatic heterocycles. The van der Waals surface area contributed by atoms with Crippen LogP contribution >= 0.6 is 0 Å². The lowest BCUT2D eigenvalue weighted by Gasteiger charge is -2.35. The summed E-state index contributed by atoms with van der Waals surface area (Å²) in [6.45, 7) is 3.19. The van der Waals surface area contributed by atoms with Crippen LogP contribution in [0.2, 0.25) is 0 Å². The van der Waals surface area contributed by atoms with Crippen LogP contribution in [0.3, 0.4) is 0 Å². The highest BCUT2D eigenvalue weighted by Gasteiger charge is 2.45. The Balaban J connectivity index is 1.60. The van der Waals surface area contributed by atoms with E-state index in [1.807, 2.05) is 49.1 Å². The summed E-state index contributed by atoms with van der Waals surface area (Å²) in [4.78, 5) is 25.0. The van der Waals surface area contributed by atoms with Gasteiger partial charge in [0.05, 0.1) is 29.5 Å². The Morgan fingerprint density at radius 1 is 1.26 bits per heavy atom. The molecule has 1 aromatic carbocycles. The molecule has 11 nitrogen and oxygen atoms in total. The van der Waals surface area contributed by atoms with Crippen molar-refractivity contribution in [2.45, 2.75) is 24.8 Å². The summed E-state index contributed by atoms with van der Waals surface area (Å²) >= 11 is 0. The van der Waals surface area contributed by atoms with Crippen LogP contribution in [0, 0.1) is 10.1 Å². The van der Waals surface area contributed by atoms with Crippen molar-refractivity contribution >= 4 is 10.9 Å². The minimum absolute atomic E-state index is 0.101. The van der Waals surface area contributed by atoms with E-state index in [4.69, 9.17) is 20.2 Å².